The molecule has 0 spiro atoms. The van der Waals surface area contributed by atoms with Crippen molar-refractivity contribution in [1.29, 1.82) is 0 Å². The van der Waals surface area contributed by atoms with Crippen molar-refractivity contribution in [3.8, 4) is 11.1 Å². The lowest BCUT2D eigenvalue weighted by Gasteiger charge is -2.26. The molecule has 2 nitrogen and oxygen atoms in total. The Kier molecular flexibility index (Phi) is 3.08. The van der Waals surface area contributed by atoms with Gasteiger partial charge in [-0.05, 0) is 47.6 Å². The van der Waals surface area contributed by atoms with E-state index in [-0.39, 0.29) is 0 Å². The van der Waals surface area contributed by atoms with Crippen LogP contribution < -0.4 is 0 Å². The molecule has 0 unspecified atom stereocenters. The first-order valence-electron chi connectivity index (χ1n) is 6.68. The summed E-state index contributed by atoms with van der Waals surface area (Å²) >= 11 is 0. The SMILES string of the molecule is O=C(O)c1ccc(-c2cccc(C3CCC3)c2)cc1. The average molecular weight is 252 g/mol. The van der Waals surface area contributed by atoms with Gasteiger partial charge in [0.1, 0.15) is 0 Å². The van der Waals surface area contributed by atoms with E-state index in [1.807, 2.05) is 12.1 Å². The van der Waals surface area contributed by atoms with Crippen LogP contribution >= 0.6 is 0 Å². The lowest BCUT2D eigenvalue weighted by atomic mass is 9.79. The summed E-state index contributed by atoms with van der Waals surface area (Å²) in [6, 6.07) is 15.7. The molecule has 1 aliphatic carbocycles. The quantitative estimate of drug-likeness (QED) is 0.883. The molecule has 2 aromatic carbocycles. The third-order valence-corrected chi connectivity index (χ3v) is 3.93. The Morgan fingerprint density at radius 1 is 1.00 bits per heavy atom. The third-order valence-electron chi connectivity index (χ3n) is 3.93. The minimum Gasteiger partial charge on any atom is -0.478 e. The molecule has 0 aromatic heterocycles. The molecule has 0 saturated heterocycles. The van der Waals surface area contributed by atoms with Crippen molar-refractivity contribution in [3.63, 3.8) is 0 Å². The number of carboxylic acids is 1. The molecule has 1 saturated carbocycles. The molecule has 96 valence electrons. The van der Waals surface area contributed by atoms with Gasteiger partial charge in [-0.15, -0.1) is 0 Å². The molecule has 0 aliphatic heterocycles. The molecule has 2 aromatic rings. The first-order chi connectivity index (χ1) is 9.24. The average Bonchev–Trinajstić information content (AvgIpc) is 2.37. The van der Waals surface area contributed by atoms with Gasteiger partial charge in [0.2, 0.25) is 0 Å². The summed E-state index contributed by atoms with van der Waals surface area (Å²) < 4.78 is 0. The highest BCUT2D eigenvalue weighted by Crippen LogP contribution is 2.37. The van der Waals surface area contributed by atoms with E-state index >= 15 is 0 Å². The van der Waals surface area contributed by atoms with E-state index in [1.165, 1.54) is 30.4 Å². The molecule has 1 N–H and O–H groups in total. The van der Waals surface area contributed by atoms with Crippen LogP contribution in [0.25, 0.3) is 11.1 Å². The fourth-order valence-electron chi connectivity index (χ4n) is 2.52. The number of carbonyl (C=O) groups is 1. The highest BCUT2D eigenvalue weighted by molar-refractivity contribution is 5.88. The minimum atomic E-state index is -0.880. The van der Waals surface area contributed by atoms with Gasteiger partial charge in [-0.25, -0.2) is 4.79 Å². The van der Waals surface area contributed by atoms with E-state index < -0.39 is 5.97 Å². The summed E-state index contributed by atoms with van der Waals surface area (Å²) in [5.41, 5.74) is 3.98. The zero-order valence-corrected chi connectivity index (χ0v) is 10.7. The maximum Gasteiger partial charge on any atom is 0.335 e. The lowest BCUT2D eigenvalue weighted by molar-refractivity contribution is 0.0697. The van der Waals surface area contributed by atoms with Gasteiger partial charge in [-0.1, -0.05) is 42.8 Å². The second-order valence-corrected chi connectivity index (χ2v) is 5.14. The first-order valence-corrected chi connectivity index (χ1v) is 6.68. The smallest absolute Gasteiger partial charge is 0.335 e. The van der Waals surface area contributed by atoms with Crippen LogP contribution in [-0.4, -0.2) is 11.1 Å². The fraction of sp³-hybridized carbons (Fsp3) is 0.235. The van der Waals surface area contributed by atoms with Crippen molar-refractivity contribution in [2.75, 3.05) is 0 Å². The molecule has 0 atom stereocenters. The molecule has 3 rings (SSSR count). The molecule has 0 radical (unpaired) electrons. The first kappa shape index (κ1) is 12.0. The highest BCUT2D eigenvalue weighted by atomic mass is 16.4. The largest absolute Gasteiger partial charge is 0.478 e. The number of carboxylic acid groups (broad SMARTS) is 1. The molecule has 1 aliphatic rings. The van der Waals surface area contributed by atoms with Crippen LogP contribution in [0.15, 0.2) is 48.5 Å². The van der Waals surface area contributed by atoms with Crippen molar-refractivity contribution < 1.29 is 9.90 Å². The van der Waals surface area contributed by atoms with Crippen LogP contribution in [0.1, 0.15) is 41.1 Å². The molecule has 0 amide bonds. The summed E-state index contributed by atoms with van der Waals surface area (Å²) in [6.07, 6.45) is 3.92. The summed E-state index contributed by atoms with van der Waals surface area (Å²) in [5.74, 6) is -0.159. The molecule has 1 fully saturated rings. The number of hydrogen-bond acceptors (Lipinski definition) is 1. The summed E-state index contributed by atoms with van der Waals surface area (Å²) in [4.78, 5) is 10.8. The van der Waals surface area contributed by atoms with Crippen LogP contribution in [0.5, 0.6) is 0 Å². The van der Waals surface area contributed by atoms with Crippen LogP contribution in [-0.2, 0) is 0 Å². The van der Waals surface area contributed by atoms with E-state index in [0.29, 0.717) is 5.56 Å². The highest BCUT2D eigenvalue weighted by Gasteiger charge is 2.19. The van der Waals surface area contributed by atoms with Crippen molar-refractivity contribution in [2.45, 2.75) is 25.2 Å². The topological polar surface area (TPSA) is 37.3 Å². The van der Waals surface area contributed by atoms with Crippen LogP contribution in [0.2, 0.25) is 0 Å². The Balaban J connectivity index is 1.90. The number of aromatic carboxylic acids is 1. The molecular weight excluding hydrogens is 236 g/mol. The maximum atomic E-state index is 10.8. The van der Waals surface area contributed by atoms with Gasteiger partial charge in [0.25, 0.3) is 0 Å². The lowest BCUT2D eigenvalue weighted by Crippen LogP contribution is -2.08. The van der Waals surface area contributed by atoms with Gasteiger partial charge in [0, 0.05) is 0 Å². The second kappa shape index (κ2) is 4.88. The van der Waals surface area contributed by atoms with E-state index in [1.54, 1.807) is 12.1 Å². The van der Waals surface area contributed by atoms with Gasteiger partial charge in [0.05, 0.1) is 5.56 Å². The van der Waals surface area contributed by atoms with E-state index in [4.69, 9.17) is 5.11 Å². The zero-order chi connectivity index (χ0) is 13.2. The second-order valence-electron chi connectivity index (χ2n) is 5.14. The van der Waals surface area contributed by atoms with E-state index in [2.05, 4.69) is 24.3 Å². The number of rotatable bonds is 3. The van der Waals surface area contributed by atoms with E-state index in [0.717, 1.165) is 11.5 Å². The zero-order valence-electron chi connectivity index (χ0n) is 10.7. The van der Waals surface area contributed by atoms with Crippen LogP contribution in [0, 0.1) is 0 Å². The predicted molar refractivity (Wildman–Crippen MR) is 75.4 cm³/mol. The Labute approximate surface area is 112 Å². The van der Waals surface area contributed by atoms with Crippen LogP contribution in [0.4, 0.5) is 0 Å². The van der Waals surface area contributed by atoms with Crippen molar-refractivity contribution in [1.82, 2.24) is 0 Å². The summed E-state index contributed by atoms with van der Waals surface area (Å²) in [7, 11) is 0. The molecule has 0 heterocycles. The van der Waals surface area contributed by atoms with Gasteiger partial charge in [0.15, 0.2) is 0 Å². The number of benzene rings is 2. The van der Waals surface area contributed by atoms with E-state index in [9.17, 15) is 4.79 Å². The van der Waals surface area contributed by atoms with Crippen molar-refractivity contribution in [2.24, 2.45) is 0 Å². The normalized spacial score (nSPS) is 14.9. The molecule has 2 heteroatoms. The molecule has 19 heavy (non-hydrogen) atoms. The Morgan fingerprint density at radius 3 is 2.32 bits per heavy atom. The maximum absolute atomic E-state index is 10.8. The summed E-state index contributed by atoms with van der Waals surface area (Å²) in [6.45, 7) is 0. The van der Waals surface area contributed by atoms with Gasteiger partial charge >= 0.3 is 5.97 Å². The molecule has 0 bridgehead atoms. The predicted octanol–water partition coefficient (Wildman–Crippen LogP) is 4.32. The van der Waals surface area contributed by atoms with Crippen molar-refractivity contribution >= 4 is 5.97 Å². The Hall–Kier alpha value is -2.09. The van der Waals surface area contributed by atoms with Gasteiger partial charge in [-0.3, -0.25) is 0 Å². The Morgan fingerprint density at radius 2 is 1.74 bits per heavy atom. The van der Waals surface area contributed by atoms with Gasteiger partial charge < -0.3 is 5.11 Å². The third kappa shape index (κ3) is 2.39. The Bertz CT molecular complexity index is 595. The summed E-state index contributed by atoms with van der Waals surface area (Å²) in [5, 5.41) is 8.90. The van der Waals surface area contributed by atoms with Crippen molar-refractivity contribution in [3.05, 3.63) is 59.7 Å². The standard InChI is InChI=1S/C17H16O2/c18-17(19)14-9-7-13(8-10-14)16-6-2-5-15(11-16)12-3-1-4-12/h2,5-12H,1,3-4H2,(H,18,19). The van der Waals surface area contributed by atoms with Crippen LogP contribution in [0.3, 0.4) is 0 Å². The number of hydrogen-bond donors (Lipinski definition) is 1. The van der Waals surface area contributed by atoms with Gasteiger partial charge in [-0.2, -0.15) is 0 Å². The molecular formula is C17H16O2. The fourth-order valence-corrected chi connectivity index (χ4v) is 2.52. The monoisotopic (exact) mass is 252 g/mol. The minimum absolute atomic E-state index is 0.332.